The van der Waals surface area contributed by atoms with E-state index in [0.717, 1.165) is 31.4 Å². The van der Waals surface area contributed by atoms with E-state index < -0.39 is 0 Å². The van der Waals surface area contributed by atoms with Gasteiger partial charge in [0.15, 0.2) is 18.6 Å². The molecule has 0 amide bonds. The number of hydrogen-bond acceptors (Lipinski definition) is 1. The molecule has 2 bridgehead atoms. The molecular weight excluding hydrogens is 238 g/mol. The van der Waals surface area contributed by atoms with Crippen LogP contribution in [0.15, 0.2) is 36.8 Å². The van der Waals surface area contributed by atoms with E-state index in [1.54, 1.807) is 0 Å². The first-order valence-corrected chi connectivity index (χ1v) is 6.94. The zero-order valence-electron chi connectivity index (χ0n) is 11.0. The number of H-pyrrole nitrogens is 1. The third-order valence-corrected chi connectivity index (χ3v) is 3.62. The summed E-state index contributed by atoms with van der Waals surface area (Å²) in [7, 11) is 0. The topological polar surface area (TPSA) is 40.6 Å². The molecule has 0 aromatic carbocycles. The summed E-state index contributed by atoms with van der Waals surface area (Å²) >= 11 is 0. The van der Waals surface area contributed by atoms with E-state index in [1.165, 1.54) is 5.56 Å². The molecule has 0 saturated heterocycles. The summed E-state index contributed by atoms with van der Waals surface area (Å²) in [6.45, 7) is 0. The van der Waals surface area contributed by atoms with E-state index >= 15 is 0 Å². The monoisotopic (exact) mass is 257 g/mol. The Hall–Kier alpha value is -1.97. The standard InChI is InChI=1S/C15H19N3O/c19-15-7-3-1-2-5-13-6-4-10-17(12-13)18-14(11-15)8-9-16-18/h4,6,8-10,12,16H,1-3,5,7,11H2/q+2. The minimum atomic E-state index is 0.325. The van der Waals surface area contributed by atoms with Crippen molar-refractivity contribution < 1.29 is 14.3 Å². The lowest BCUT2D eigenvalue weighted by Gasteiger charge is -2.03. The van der Waals surface area contributed by atoms with Crippen molar-refractivity contribution in [3.8, 4) is 0 Å². The second-order valence-corrected chi connectivity index (χ2v) is 5.13. The van der Waals surface area contributed by atoms with Crippen LogP contribution in [0.25, 0.3) is 0 Å². The van der Waals surface area contributed by atoms with Crippen molar-refractivity contribution in [1.82, 2.24) is 5.10 Å². The average molecular weight is 257 g/mol. The smallest absolute Gasteiger partial charge is 0.294 e. The van der Waals surface area contributed by atoms with Crippen LogP contribution in [-0.4, -0.2) is 10.9 Å². The second kappa shape index (κ2) is 5.34. The first kappa shape index (κ1) is 12.1. The summed E-state index contributed by atoms with van der Waals surface area (Å²) in [5.74, 6) is 0.325. The van der Waals surface area contributed by atoms with Crippen LogP contribution in [0.4, 0.5) is 0 Å². The van der Waals surface area contributed by atoms with Gasteiger partial charge in [-0.2, -0.15) is 0 Å². The van der Waals surface area contributed by atoms with Gasteiger partial charge in [0.1, 0.15) is 17.0 Å². The highest BCUT2D eigenvalue weighted by Gasteiger charge is 2.23. The van der Waals surface area contributed by atoms with Crippen molar-refractivity contribution in [2.24, 2.45) is 0 Å². The Labute approximate surface area is 112 Å². The fourth-order valence-electron chi connectivity index (χ4n) is 2.61. The summed E-state index contributed by atoms with van der Waals surface area (Å²) in [4.78, 5) is 13.9. The molecule has 0 radical (unpaired) electrons. The van der Waals surface area contributed by atoms with E-state index in [9.17, 15) is 4.79 Å². The van der Waals surface area contributed by atoms with Crippen molar-refractivity contribution in [3.05, 3.63) is 48.0 Å². The molecule has 0 unspecified atom stereocenters. The number of aryl methyl sites for hydroxylation is 1. The molecule has 0 saturated carbocycles. The number of aromatic nitrogens is 3. The van der Waals surface area contributed by atoms with Crippen molar-refractivity contribution >= 4 is 5.78 Å². The summed E-state index contributed by atoms with van der Waals surface area (Å²) in [6, 6.07) is 6.19. The van der Waals surface area contributed by atoms with E-state index in [0.29, 0.717) is 18.6 Å². The van der Waals surface area contributed by atoms with Crippen LogP contribution in [0.5, 0.6) is 0 Å². The molecule has 0 spiro atoms. The number of nitrogens with zero attached hydrogens (tertiary/aromatic N) is 2. The first-order valence-electron chi connectivity index (χ1n) is 6.94. The maximum absolute atomic E-state index is 11.9. The molecule has 0 atom stereocenters. The number of carbonyl (C=O) groups excluding carboxylic acids is 1. The van der Waals surface area contributed by atoms with Crippen molar-refractivity contribution in [2.75, 3.05) is 0 Å². The molecule has 3 rings (SSSR count). The molecule has 4 heteroatoms. The van der Waals surface area contributed by atoms with Crippen molar-refractivity contribution in [1.29, 1.82) is 0 Å². The predicted molar refractivity (Wildman–Crippen MR) is 69.3 cm³/mol. The summed E-state index contributed by atoms with van der Waals surface area (Å²) in [6.07, 6.45) is 11.6. The van der Waals surface area contributed by atoms with Gasteiger partial charge >= 0.3 is 0 Å². The summed E-state index contributed by atoms with van der Waals surface area (Å²) in [5, 5.41) is 3.17. The maximum Gasteiger partial charge on any atom is 0.294 e. The van der Waals surface area contributed by atoms with Gasteiger partial charge in [0.25, 0.3) is 5.69 Å². The van der Waals surface area contributed by atoms with Crippen LogP contribution in [-0.2, 0) is 17.6 Å². The highest BCUT2D eigenvalue weighted by molar-refractivity contribution is 5.80. The summed E-state index contributed by atoms with van der Waals surface area (Å²) < 4.78 is 2.01. The van der Waals surface area contributed by atoms with Gasteiger partial charge in [0, 0.05) is 11.1 Å². The molecular formula is C15H19N3O+2. The lowest BCUT2D eigenvalue weighted by atomic mass is 10.0. The van der Waals surface area contributed by atoms with E-state index in [-0.39, 0.29) is 0 Å². The van der Waals surface area contributed by atoms with Crippen LogP contribution in [0, 0.1) is 0 Å². The van der Waals surface area contributed by atoms with E-state index in [4.69, 9.17) is 0 Å². The lowest BCUT2D eigenvalue weighted by Crippen LogP contribution is -2.69. The van der Waals surface area contributed by atoms with Gasteiger partial charge in [-0.1, -0.05) is 12.5 Å². The number of pyridine rings is 1. The Morgan fingerprint density at radius 3 is 2.95 bits per heavy atom. The van der Waals surface area contributed by atoms with Crippen molar-refractivity contribution in [2.45, 2.75) is 38.5 Å². The minimum Gasteiger partial charge on any atom is -0.299 e. The van der Waals surface area contributed by atoms with Gasteiger partial charge in [0.05, 0.1) is 6.07 Å². The number of Topliss-reactive ketones (excluding diaryl/α,β-unsaturated/α-hetero) is 1. The minimum absolute atomic E-state index is 0.325. The Kier molecular flexibility index (Phi) is 3.40. The molecule has 98 valence electrons. The van der Waals surface area contributed by atoms with E-state index in [1.807, 2.05) is 27.9 Å². The van der Waals surface area contributed by atoms with Gasteiger partial charge in [-0.15, -0.1) is 0 Å². The van der Waals surface area contributed by atoms with Crippen LogP contribution >= 0.6 is 0 Å². The number of fused-ring (bicyclic) bond motifs is 4. The van der Waals surface area contributed by atoms with Crippen molar-refractivity contribution in [3.63, 3.8) is 0 Å². The second-order valence-electron chi connectivity index (χ2n) is 5.13. The number of aromatic amines is 1. The third-order valence-electron chi connectivity index (χ3n) is 3.62. The van der Waals surface area contributed by atoms with Gasteiger partial charge < -0.3 is 0 Å². The Morgan fingerprint density at radius 1 is 1.11 bits per heavy atom. The fraction of sp³-hybridized carbons (Fsp3) is 0.400. The summed E-state index contributed by atoms with van der Waals surface area (Å²) in [5.41, 5.74) is 2.34. The zero-order chi connectivity index (χ0) is 13.1. The molecule has 1 aliphatic heterocycles. The normalized spacial score (nSPS) is 16.3. The van der Waals surface area contributed by atoms with E-state index in [2.05, 4.69) is 23.4 Å². The number of rotatable bonds is 0. The Bertz CT molecular complexity index is 589. The molecule has 2 aromatic rings. The largest absolute Gasteiger partial charge is 0.299 e. The molecule has 19 heavy (non-hydrogen) atoms. The fourth-order valence-corrected chi connectivity index (χ4v) is 2.61. The molecule has 4 nitrogen and oxygen atoms in total. The average Bonchev–Trinajstić information content (AvgIpc) is 2.86. The van der Waals surface area contributed by atoms with Crippen LogP contribution in [0.1, 0.15) is 36.9 Å². The molecule has 2 aromatic heterocycles. The number of ketones is 1. The highest BCUT2D eigenvalue weighted by atomic mass is 16.1. The van der Waals surface area contributed by atoms with Gasteiger partial charge in [-0.05, 0) is 36.0 Å². The quantitative estimate of drug-likeness (QED) is 0.706. The van der Waals surface area contributed by atoms with Crippen LogP contribution < -0.4 is 9.47 Å². The molecule has 0 aliphatic carbocycles. The maximum atomic E-state index is 11.9. The number of nitrogens with one attached hydrogen (secondary N) is 1. The molecule has 1 aliphatic rings. The van der Waals surface area contributed by atoms with Gasteiger partial charge in [-0.3, -0.25) is 4.79 Å². The third kappa shape index (κ3) is 2.72. The molecule has 1 N–H and O–H groups in total. The predicted octanol–water partition coefficient (Wildman–Crippen LogP) is 1.13. The number of hydrogen-bond donors (Lipinski definition) is 1. The number of carbonyl (C=O) groups is 1. The van der Waals surface area contributed by atoms with Gasteiger partial charge in [0.2, 0.25) is 0 Å². The Morgan fingerprint density at radius 2 is 2.00 bits per heavy atom. The Balaban J connectivity index is 2.01. The first-order chi connectivity index (χ1) is 9.33. The zero-order valence-corrected chi connectivity index (χ0v) is 11.0. The highest BCUT2D eigenvalue weighted by Crippen LogP contribution is 2.08. The lowest BCUT2D eigenvalue weighted by molar-refractivity contribution is -1.32. The molecule has 0 fully saturated rings. The molecule has 3 heterocycles. The van der Waals surface area contributed by atoms with Crippen LogP contribution in [0.2, 0.25) is 0 Å². The SMILES string of the molecule is O=C1CCCCCc2ccc[n+](c2)-[n+]2[nH]ccc2C1. The van der Waals surface area contributed by atoms with Crippen LogP contribution in [0.3, 0.4) is 0 Å². The van der Waals surface area contributed by atoms with Gasteiger partial charge in [-0.25, -0.2) is 0 Å².